The van der Waals surface area contributed by atoms with Gasteiger partial charge in [0.1, 0.15) is 10.3 Å². The predicted octanol–water partition coefficient (Wildman–Crippen LogP) is 3.71. The van der Waals surface area contributed by atoms with Crippen LogP contribution in [0.5, 0.6) is 0 Å². The van der Waals surface area contributed by atoms with Crippen LogP contribution in [-0.2, 0) is 0 Å². The van der Waals surface area contributed by atoms with Crippen LogP contribution in [0.25, 0.3) is 0 Å². The first-order valence-electron chi connectivity index (χ1n) is 3.27. The van der Waals surface area contributed by atoms with E-state index in [2.05, 4.69) is 4.98 Å². The number of carbonyl (C=O) groups excluding carboxylic acids is 1. The van der Waals surface area contributed by atoms with Crippen molar-refractivity contribution in [2.45, 2.75) is 6.43 Å². The van der Waals surface area contributed by atoms with Crippen molar-refractivity contribution < 1.29 is 13.6 Å². The van der Waals surface area contributed by atoms with Gasteiger partial charge in [0, 0.05) is 5.56 Å². The molecule has 0 atom stereocenters. The van der Waals surface area contributed by atoms with Gasteiger partial charge < -0.3 is 0 Å². The minimum Gasteiger partial charge on any atom is -0.275 e. The monoisotopic (exact) mass is 259 g/mol. The number of aromatic nitrogens is 1. The van der Waals surface area contributed by atoms with Crippen molar-refractivity contribution >= 4 is 40.0 Å². The fourth-order valence-electron chi connectivity index (χ4n) is 0.868. The molecule has 1 rings (SSSR count). The largest absolute Gasteiger partial charge is 0.275 e. The summed E-state index contributed by atoms with van der Waals surface area (Å²) in [6.07, 6.45) is -2.88. The normalized spacial score (nSPS) is 10.7. The Hall–Kier alpha value is -0.450. The zero-order valence-corrected chi connectivity index (χ0v) is 8.67. The molecule has 0 amide bonds. The third kappa shape index (κ3) is 2.32. The van der Waals surface area contributed by atoms with Crippen LogP contribution in [0.2, 0.25) is 10.3 Å². The summed E-state index contributed by atoms with van der Waals surface area (Å²) < 4.78 is 24.8. The van der Waals surface area contributed by atoms with Crippen molar-refractivity contribution in [1.82, 2.24) is 4.98 Å². The number of hydrogen-bond acceptors (Lipinski definition) is 2. The van der Waals surface area contributed by atoms with Gasteiger partial charge >= 0.3 is 0 Å². The summed E-state index contributed by atoms with van der Waals surface area (Å²) in [5.41, 5.74) is -1.12. The van der Waals surface area contributed by atoms with Crippen LogP contribution < -0.4 is 0 Å². The third-order valence-corrected chi connectivity index (χ3v) is 2.06. The summed E-state index contributed by atoms with van der Waals surface area (Å²) in [6.45, 7) is 0. The molecule has 0 spiro atoms. The maximum Gasteiger partial charge on any atom is 0.264 e. The van der Waals surface area contributed by atoms with E-state index in [0.717, 1.165) is 6.07 Å². The number of nitrogens with zero attached hydrogens (tertiary/aromatic N) is 1. The van der Waals surface area contributed by atoms with Gasteiger partial charge in [0.15, 0.2) is 0 Å². The maximum atomic E-state index is 12.4. The van der Waals surface area contributed by atoms with Crippen molar-refractivity contribution in [1.29, 1.82) is 0 Å². The van der Waals surface area contributed by atoms with Gasteiger partial charge in [-0.05, 0) is 17.7 Å². The minimum atomic E-state index is -2.88. The van der Waals surface area contributed by atoms with Gasteiger partial charge in [-0.15, -0.1) is 0 Å². The van der Waals surface area contributed by atoms with Crippen LogP contribution in [0.4, 0.5) is 8.78 Å². The van der Waals surface area contributed by atoms with Crippen molar-refractivity contribution in [2.75, 3.05) is 0 Å². The Balaban J connectivity index is 3.44. The second kappa shape index (κ2) is 4.38. The quantitative estimate of drug-likeness (QED) is 0.599. The highest BCUT2D eigenvalue weighted by molar-refractivity contribution is 6.68. The molecular weight excluding hydrogens is 258 g/mol. The highest BCUT2D eigenvalue weighted by Crippen LogP contribution is 2.30. The fraction of sp³-hybridized carbons (Fsp3) is 0.143. The van der Waals surface area contributed by atoms with Crippen LogP contribution in [0.15, 0.2) is 6.07 Å². The summed E-state index contributed by atoms with van der Waals surface area (Å²) in [7, 11) is 0. The molecule has 0 aliphatic rings. The molecule has 7 heteroatoms. The molecule has 76 valence electrons. The van der Waals surface area contributed by atoms with Gasteiger partial charge in [-0.2, -0.15) is 0 Å². The summed E-state index contributed by atoms with van der Waals surface area (Å²) in [5, 5.41) is -1.73. The van der Waals surface area contributed by atoms with Gasteiger partial charge in [0.2, 0.25) is 0 Å². The average molecular weight is 260 g/mol. The number of pyridine rings is 1. The van der Waals surface area contributed by atoms with Crippen molar-refractivity contribution in [2.24, 2.45) is 0 Å². The molecule has 0 N–H and O–H groups in total. The Labute approximate surface area is 92.8 Å². The smallest absolute Gasteiger partial charge is 0.264 e. The summed E-state index contributed by atoms with van der Waals surface area (Å²) in [6, 6.07) is 0.855. The van der Waals surface area contributed by atoms with E-state index in [1.165, 1.54) is 0 Å². The number of carbonyl (C=O) groups is 1. The van der Waals surface area contributed by atoms with E-state index in [1.54, 1.807) is 0 Å². The predicted molar refractivity (Wildman–Crippen MR) is 49.4 cm³/mol. The molecule has 0 aliphatic carbocycles. The highest BCUT2D eigenvalue weighted by Gasteiger charge is 2.22. The highest BCUT2D eigenvalue weighted by atomic mass is 35.5. The van der Waals surface area contributed by atoms with E-state index in [1.807, 2.05) is 0 Å². The summed E-state index contributed by atoms with van der Waals surface area (Å²) in [4.78, 5) is 14.2. The van der Waals surface area contributed by atoms with Crippen molar-refractivity contribution in [3.8, 4) is 0 Å². The topological polar surface area (TPSA) is 30.0 Å². The lowest BCUT2D eigenvalue weighted by molar-refractivity contribution is 0.106. The van der Waals surface area contributed by atoms with Crippen LogP contribution in [0.1, 0.15) is 22.3 Å². The lowest BCUT2D eigenvalue weighted by Gasteiger charge is -2.06. The molecule has 0 saturated heterocycles. The minimum absolute atomic E-state index is 0.216. The molecule has 1 heterocycles. The molecule has 0 aliphatic heterocycles. The summed E-state index contributed by atoms with van der Waals surface area (Å²) >= 11 is 15.9. The molecule has 1 aromatic heterocycles. The zero-order valence-electron chi connectivity index (χ0n) is 6.40. The standard InChI is InChI=1S/C7H2Cl3F2NO/c8-3-1-2(7(11)12)4(6(10)14)5(9)13-3/h1,7H. The SMILES string of the molecule is O=C(Cl)c1c(C(F)F)cc(Cl)nc1Cl. The number of rotatable bonds is 2. The number of hydrogen-bond donors (Lipinski definition) is 0. The number of alkyl halides is 2. The molecule has 1 aromatic rings. The molecular formula is C7H2Cl3F2NO. The van der Waals surface area contributed by atoms with E-state index < -0.39 is 27.9 Å². The van der Waals surface area contributed by atoms with Crippen molar-refractivity contribution in [3.05, 3.63) is 27.5 Å². The first-order chi connectivity index (χ1) is 6.43. The van der Waals surface area contributed by atoms with E-state index in [4.69, 9.17) is 34.8 Å². The zero-order chi connectivity index (χ0) is 10.9. The van der Waals surface area contributed by atoms with Gasteiger partial charge in [-0.25, -0.2) is 13.8 Å². The van der Waals surface area contributed by atoms with E-state index in [-0.39, 0.29) is 5.15 Å². The van der Waals surface area contributed by atoms with Crippen molar-refractivity contribution in [3.63, 3.8) is 0 Å². The maximum absolute atomic E-state index is 12.4. The van der Waals surface area contributed by atoms with E-state index in [9.17, 15) is 13.6 Å². The first kappa shape index (κ1) is 11.6. The Bertz CT molecular complexity index is 383. The molecule has 0 unspecified atom stereocenters. The Morgan fingerprint density at radius 2 is 2.00 bits per heavy atom. The lowest BCUT2D eigenvalue weighted by atomic mass is 10.1. The molecule has 0 aromatic carbocycles. The Morgan fingerprint density at radius 1 is 1.43 bits per heavy atom. The fourth-order valence-corrected chi connectivity index (χ4v) is 1.65. The van der Waals surface area contributed by atoms with E-state index in [0.29, 0.717) is 0 Å². The second-order valence-corrected chi connectivity index (χ2v) is 3.36. The molecule has 0 bridgehead atoms. The Kier molecular flexibility index (Phi) is 3.64. The van der Waals surface area contributed by atoms with Crippen LogP contribution in [-0.4, -0.2) is 10.2 Å². The van der Waals surface area contributed by atoms with E-state index >= 15 is 0 Å². The van der Waals surface area contributed by atoms with Gasteiger partial charge in [0.25, 0.3) is 11.7 Å². The van der Waals surface area contributed by atoms with Crippen LogP contribution in [0.3, 0.4) is 0 Å². The van der Waals surface area contributed by atoms with Crippen LogP contribution in [0, 0.1) is 0 Å². The van der Waals surface area contributed by atoms with Gasteiger partial charge in [0.05, 0.1) is 5.56 Å². The molecule has 0 saturated carbocycles. The molecule has 0 radical (unpaired) electrons. The number of halogens is 5. The average Bonchev–Trinajstić information content (AvgIpc) is 2.01. The molecule has 2 nitrogen and oxygen atoms in total. The van der Waals surface area contributed by atoms with Gasteiger partial charge in [-0.1, -0.05) is 23.2 Å². The lowest BCUT2D eigenvalue weighted by Crippen LogP contribution is -2.01. The second-order valence-electron chi connectivity index (χ2n) is 2.27. The first-order valence-corrected chi connectivity index (χ1v) is 4.40. The van der Waals surface area contributed by atoms with Crippen LogP contribution >= 0.6 is 34.8 Å². The molecule has 14 heavy (non-hydrogen) atoms. The third-order valence-electron chi connectivity index (χ3n) is 1.41. The molecule has 0 fully saturated rings. The Morgan fingerprint density at radius 3 is 2.43 bits per heavy atom. The van der Waals surface area contributed by atoms with Gasteiger partial charge in [-0.3, -0.25) is 4.79 Å². The summed E-state index contributed by atoms with van der Waals surface area (Å²) in [5.74, 6) is 0.